The first-order valence-corrected chi connectivity index (χ1v) is 8.20. The molecule has 0 aliphatic rings. The Morgan fingerprint density at radius 3 is 2.33 bits per heavy atom. The van der Waals surface area contributed by atoms with Gasteiger partial charge in [-0.3, -0.25) is 4.79 Å². The molecule has 0 heterocycles. The maximum absolute atomic E-state index is 12.2. The molecule has 3 heteroatoms. The van der Waals surface area contributed by atoms with Gasteiger partial charge >= 0.3 is 0 Å². The molecule has 0 bridgehead atoms. The van der Waals surface area contributed by atoms with Crippen LogP contribution < -0.4 is 11.1 Å². The second-order valence-electron chi connectivity index (χ2n) is 6.17. The van der Waals surface area contributed by atoms with E-state index < -0.39 is 0 Å². The van der Waals surface area contributed by atoms with Crippen LogP contribution in [0.5, 0.6) is 0 Å². The molecule has 3 aromatic carbocycles. The Kier molecular flexibility index (Phi) is 4.92. The van der Waals surface area contributed by atoms with Crippen molar-refractivity contribution < 1.29 is 4.79 Å². The van der Waals surface area contributed by atoms with E-state index in [1.807, 2.05) is 49.4 Å². The highest BCUT2D eigenvalue weighted by atomic mass is 16.1. The normalized spacial score (nSPS) is 12.1. The summed E-state index contributed by atoms with van der Waals surface area (Å²) in [7, 11) is 0. The highest BCUT2D eigenvalue weighted by Gasteiger charge is 2.05. The molecule has 0 aliphatic heterocycles. The van der Waals surface area contributed by atoms with Crippen molar-refractivity contribution in [2.45, 2.75) is 25.9 Å². The summed E-state index contributed by atoms with van der Waals surface area (Å²) in [5.41, 5.74) is 9.04. The summed E-state index contributed by atoms with van der Waals surface area (Å²) in [5.74, 6) is 0.0292. The molecule has 1 amide bonds. The average Bonchev–Trinajstić information content (AvgIpc) is 2.60. The van der Waals surface area contributed by atoms with Gasteiger partial charge in [-0.15, -0.1) is 0 Å². The van der Waals surface area contributed by atoms with Gasteiger partial charge in [-0.2, -0.15) is 0 Å². The van der Waals surface area contributed by atoms with Crippen molar-refractivity contribution in [1.82, 2.24) is 5.32 Å². The number of amides is 1. The molecular weight excluding hydrogens is 296 g/mol. The van der Waals surface area contributed by atoms with Crippen LogP contribution in [0.4, 0.5) is 0 Å². The largest absolute Gasteiger partial charge is 0.352 e. The predicted molar refractivity (Wildman–Crippen MR) is 98.5 cm³/mol. The van der Waals surface area contributed by atoms with Crippen molar-refractivity contribution in [2.75, 3.05) is 0 Å². The Bertz CT molecular complexity index is 838. The summed E-state index contributed by atoms with van der Waals surface area (Å²) >= 11 is 0. The Hall–Kier alpha value is -2.65. The van der Waals surface area contributed by atoms with Crippen molar-refractivity contribution in [3.05, 3.63) is 83.4 Å². The van der Waals surface area contributed by atoms with E-state index in [2.05, 4.69) is 29.6 Å². The van der Waals surface area contributed by atoms with Crippen LogP contribution in [-0.2, 0) is 17.8 Å². The minimum Gasteiger partial charge on any atom is -0.352 e. The zero-order chi connectivity index (χ0) is 16.9. The maximum atomic E-state index is 12.2. The molecule has 0 aromatic heterocycles. The number of rotatable bonds is 5. The molecule has 0 radical (unpaired) electrons. The first-order chi connectivity index (χ1) is 11.6. The fourth-order valence-electron chi connectivity index (χ4n) is 2.74. The van der Waals surface area contributed by atoms with Crippen molar-refractivity contribution in [3.8, 4) is 0 Å². The number of hydrogen-bond donors (Lipinski definition) is 2. The van der Waals surface area contributed by atoms with E-state index in [0.29, 0.717) is 13.0 Å². The zero-order valence-corrected chi connectivity index (χ0v) is 13.8. The van der Waals surface area contributed by atoms with Crippen LogP contribution in [0.2, 0.25) is 0 Å². The molecule has 0 spiro atoms. The first kappa shape index (κ1) is 16.2. The molecule has 122 valence electrons. The highest BCUT2D eigenvalue weighted by Crippen LogP contribution is 2.16. The van der Waals surface area contributed by atoms with E-state index in [-0.39, 0.29) is 11.9 Å². The average molecular weight is 318 g/mol. The number of nitrogens with two attached hydrogens (primary N) is 1. The molecule has 24 heavy (non-hydrogen) atoms. The van der Waals surface area contributed by atoms with Crippen LogP contribution in [0.25, 0.3) is 10.8 Å². The monoisotopic (exact) mass is 318 g/mol. The molecule has 0 saturated heterocycles. The van der Waals surface area contributed by atoms with E-state index in [1.54, 1.807) is 0 Å². The number of hydrogen-bond acceptors (Lipinski definition) is 2. The summed E-state index contributed by atoms with van der Waals surface area (Å²) in [5, 5.41) is 5.33. The van der Waals surface area contributed by atoms with E-state index in [4.69, 9.17) is 5.73 Å². The number of carbonyl (C=O) groups is 1. The smallest absolute Gasteiger partial charge is 0.224 e. The van der Waals surface area contributed by atoms with Crippen molar-refractivity contribution >= 4 is 16.7 Å². The van der Waals surface area contributed by atoms with Crippen molar-refractivity contribution in [2.24, 2.45) is 5.73 Å². The molecule has 0 saturated carbocycles. The van der Waals surface area contributed by atoms with Gasteiger partial charge in [-0.05, 0) is 34.4 Å². The third-order valence-electron chi connectivity index (χ3n) is 4.17. The number of nitrogens with one attached hydrogen (secondary N) is 1. The van der Waals surface area contributed by atoms with E-state index in [1.165, 1.54) is 5.39 Å². The third kappa shape index (κ3) is 4.00. The molecule has 3 aromatic rings. The lowest BCUT2D eigenvalue weighted by molar-refractivity contribution is -0.120. The van der Waals surface area contributed by atoms with Gasteiger partial charge in [0, 0.05) is 12.6 Å². The van der Waals surface area contributed by atoms with E-state index in [9.17, 15) is 4.79 Å². The molecule has 3 rings (SSSR count). The first-order valence-electron chi connectivity index (χ1n) is 8.20. The molecule has 1 atom stereocenters. The molecule has 0 aliphatic carbocycles. The number of fused-ring (bicyclic) bond motifs is 1. The van der Waals surface area contributed by atoms with Crippen molar-refractivity contribution in [1.29, 1.82) is 0 Å². The van der Waals surface area contributed by atoms with Crippen LogP contribution >= 0.6 is 0 Å². The predicted octanol–water partition coefficient (Wildman–Crippen LogP) is 3.72. The van der Waals surface area contributed by atoms with Gasteiger partial charge in [-0.1, -0.05) is 66.7 Å². The van der Waals surface area contributed by atoms with E-state index >= 15 is 0 Å². The lowest BCUT2D eigenvalue weighted by Gasteiger charge is -2.09. The van der Waals surface area contributed by atoms with Gasteiger partial charge in [0.05, 0.1) is 6.42 Å². The fourth-order valence-corrected chi connectivity index (χ4v) is 2.74. The number of benzene rings is 3. The molecule has 0 fully saturated rings. The standard InChI is InChI=1S/C21H22N2O/c1-15(22)18-9-6-16(7-10-18)14-23-21(24)13-17-8-11-19-4-2-3-5-20(19)12-17/h2-12,15H,13-14,22H2,1H3,(H,23,24). The van der Waals surface area contributed by atoms with E-state index in [0.717, 1.165) is 22.1 Å². The van der Waals surface area contributed by atoms with Crippen LogP contribution in [0, 0.1) is 0 Å². The van der Waals surface area contributed by atoms with Crippen LogP contribution in [0.1, 0.15) is 29.7 Å². The summed E-state index contributed by atoms with van der Waals surface area (Å²) < 4.78 is 0. The SMILES string of the molecule is CC(N)c1ccc(CNC(=O)Cc2ccc3ccccc3c2)cc1. The summed E-state index contributed by atoms with van der Waals surface area (Å²) in [4.78, 5) is 12.2. The Balaban J connectivity index is 1.58. The zero-order valence-electron chi connectivity index (χ0n) is 13.8. The maximum Gasteiger partial charge on any atom is 0.224 e. The molecule has 3 N–H and O–H groups in total. The Labute approximate surface area is 142 Å². The van der Waals surface area contributed by atoms with Crippen LogP contribution in [-0.4, -0.2) is 5.91 Å². The molecular formula is C21H22N2O. The quantitative estimate of drug-likeness (QED) is 0.753. The lowest BCUT2D eigenvalue weighted by Crippen LogP contribution is -2.24. The number of carbonyl (C=O) groups excluding carboxylic acids is 1. The van der Waals surface area contributed by atoms with Gasteiger partial charge in [0.15, 0.2) is 0 Å². The Morgan fingerprint density at radius 2 is 1.62 bits per heavy atom. The minimum atomic E-state index is 0.0292. The molecule has 3 nitrogen and oxygen atoms in total. The second-order valence-corrected chi connectivity index (χ2v) is 6.17. The summed E-state index contributed by atoms with van der Waals surface area (Å²) in [6.45, 7) is 2.49. The Morgan fingerprint density at radius 1 is 0.958 bits per heavy atom. The minimum absolute atomic E-state index is 0.0292. The van der Waals surface area contributed by atoms with Gasteiger partial charge in [0.1, 0.15) is 0 Å². The highest BCUT2D eigenvalue weighted by molar-refractivity contribution is 5.85. The van der Waals surface area contributed by atoms with Gasteiger partial charge in [0.2, 0.25) is 5.91 Å². The fraction of sp³-hybridized carbons (Fsp3) is 0.190. The second kappa shape index (κ2) is 7.28. The third-order valence-corrected chi connectivity index (χ3v) is 4.17. The van der Waals surface area contributed by atoms with Crippen molar-refractivity contribution in [3.63, 3.8) is 0 Å². The molecule has 1 unspecified atom stereocenters. The van der Waals surface area contributed by atoms with Gasteiger partial charge in [-0.25, -0.2) is 0 Å². The van der Waals surface area contributed by atoms with Crippen LogP contribution in [0.15, 0.2) is 66.7 Å². The summed E-state index contributed by atoms with van der Waals surface area (Å²) in [6.07, 6.45) is 0.392. The van der Waals surface area contributed by atoms with Crippen LogP contribution in [0.3, 0.4) is 0 Å². The van der Waals surface area contributed by atoms with Gasteiger partial charge in [0.25, 0.3) is 0 Å². The van der Waals surface area contributed by atoms with Gasteiger partial charge < -0.3 is 11.1 Å². The summed E-state index contributed by atoms with van der Waals surface area (Å²) in [6, 6.07) is 22.4. The lowest BCUT2D eigenvalue weighted by atomic mass is 10.0. The topological polar surface area (TPSA) is 55.1 Å².